The van der Waals surface area contributed by atoms with Gasteiger partial charge in [-0.1, -0.05) is 0 Å². The van der Waals surface area contributed by atoms with Crippen LogP contribution in [0.5, 0.6) is 0 Å². The Labute approximate surface area is 143 Å². The Balaban J connectivity index is 1.48. The number of carbonyl (C=O) groups is 2. The second-order valence-corrected chi connectivity index (χ2v) is 7.19. The molecule has 0 radical (unpaired) electrons. The fourth-order valence-electron chi connectivity index (χ4n) is 3.07. The third kappa shape index (κ3) is 2.96. The number of rotatable bonds is 4. The van der Waals surface area contributed by atoms with Crippen LogP contribution in [0.2, 0.25) is 0 Å². The molecule has 3 heterocycles. The fraction of sp³-hybridized carbons (Fsp3) is 0.500. The zero-order valence-corrected chi connectivity index (χ0v) is 13.8. The highest BCUT2D eigenvalue weighted by atomic mass is 16.3. The molecule has 1 aliphatic heterocycles. The first-order chi connectivity index (χ1) is 11.8. The van der Waals surface area contributed by atoms with E-state index in [1.807, 2.05) is 6.92 Å². The van der Waals surface area contributed by atoms with Crippen LogP contribution in [-0.2, 0) is 4.79 Å². The highest BCUT2D eigenvalue weighted by Crippen LogP contribution is 2.39. The monoisotopic (exact) mass is 344 g/mol. The third-order valence-electron chi connectivity index (χ3n) is 4.56. The van der Waals surface area contributed by atoms with Crippen molar-refractivity contribution in [3.63, 3.8) is 0 Å². The Hall–Kier alpha value is -2.52. The molecule has 1 aliphatic carbocycles. The van der Waals surface area contributed by atoms with Crippen molar-refractivity contribution in [3.8, 4) is 0 Å². The molecule has 0 spiro atoms. The minimum absolute atomic E-state index is 0.254. The smallest absolute Gasteiger partial charge is 0.272 e. The lowest BCUT2D eigenvalue weighted by atomic mass is 9.93. The van der Waals surface area contributed by atoms with Crippen LogP contribution in [0.1, 0.15) is 41.7 Å². The number of hydrogen-bond donors (Lipinski definition) is 4. The van der Waals surface area contributed by atoms with Gasteiger partial charge in [-0.05, 0) is 19.8 Å². The summed E-state index contributed by atoms with van der Waals surface area (Å²) in [5.74, 6) is -0.738. The summed E-state index contributed by atoms with van der Waals surface area (Å²) < 4.78 is 0. The number of H-pyrrole nitrogens is 1. The first-order valence-corrected chi connectivity index (χ1v) is 8.25. The zero-order chi connectivity index (χ0) is 17.8. The maximum atomic E-state index is 12.4. The van der Waals surface area contributed by atoms with E-state index in [0.29, 0.717) is 30.2 Å². The molecule has 25 heavy (non-hydrogen) atoms. The van der Waals surface area contributed by atoms with Crippen molar-refractivity contribution in [3.05, 3.63) is 23.7 Å². The van der Waals surface area contributed by atoms with Gasteiger partial charge in [0, 0.05) is 30.7 Å². The summed E-state index contributed by atoms with van der Waals surface area (Å²) in [5.41, 5.74) is 7.47. The summed E-state index contributed by atoms with van der Waals surface area (Å²) in [6.07, 6.45) is 3.73. The number of fused-ring (bicyclic) bond motifs is 1. The summed E-state index contributed by atoms with van der Waals surface area (Å²) in [6, 6.07) is 0. The molecule has 2 aromatic rings. The maximum Gasteiger partial charge on any atom is 0.272 e. The van der Waals surface area contributed by atoms with E-state index in [0.717, 1.165) is 18.5 Å². The van der Waals surface area contributed by atoms with Crippen molar-refractivity contribution < 1.29 is 14.7 Å². The van der Waals surface area contributed by atoms with Crippen molar-refractivity contribution in [1.29, 1.82) is 0 Å². The lowest BCUT2D eigenvalue weighted by Crippen LogP contribution is -2.69. The predicted molar refractivity (Wildman–Crippen MR) is 88.5 cm³/mol. The number of carbonyl (C=O) groups excluding carboxylic acids is 2. The molecule has 2 fully saturated rings. The molecule has 0 unspecified atom stereocenters. The molecule has 2 amide bonds. The third-order valence-corrected chi connectivity index (χ3v) is 4.56. The molecule has 2 aromatic heterocycles. The van der Waals surface area contributed by atoms with Crippen LogP contribution < -0.4 is 11.1 Å². The van der Waals surface area contributed by atoms with E-state index < -0.39 is 23.6 Å². The molecular formula is C16H20N6O3. The normalized spacial score (nSPS) is 20.2. The Morgan fingerprint density at radius 2 is 2.20 bits per heavy atom. The second-order valence-electron chi connectivity index (χ2n) is 7.19. The summed E-state index contributed by atoms with van der Waals surface area (Å²) >= 11 is 0. The van der Waals surface area contributed by atoms with Crippen LogP contribution in [0.25, 0.3) is 11.2 Å². The van der Waals surface area contributed by atoms with Gasteiger partial charge in [-0.2, -0.15) is 0 Å². The summed E-state index contributed by atoms with van der Waals surface area (Å²) in [5, 5.41) is 12.3. The molecule has 0 aromatic carbocycles. The standard InChI is InChI=1S/C16H20N6O3/c1-16(17)6-22(7-16)15(25)14(24)21-13(23)9-4-18-12-11(9)20-10(5-19-12)8-2-3-8/h4-5,8,14,24H,2-3,6-7,17H2,1H3,(H,18,19)(H,21,23)/t14-/m1/s1. The van der Waals surface area contributed by atoms with Crippen LogP contribution in [-0.4, -0.2) is 61.6 Å². The minimum atomic E-state index is -1.62. The predicted octanol–water partition coefficient (Wildman–Crippen LogP) is -0.557. The van der Waals surface area contributed by atoms with Gasteiger partial charge in [0.1, 0.15) is 5.52 Å². The van der Waals surface area contributed by atoms with Crippen LogP contribution in [0.15, 0.2) is 12.4 Å². The SMILES string of the molecule is CC1(N)CN(C(=O)[C@@H](O)NC(=O)c2c[nH]c3ncc(C4CC4)nc23)C1. The van der Waals surface area contributed by atoms with Gasteiger partial charge < -0.3 is 26.0 Å². The molecule has 1 saturated carbocycles. The van der Waals surface area contributed by atoms with Gasteiger partial charge in [-0.3, -0.25) is 9.59 Å². The summed E-state index contributed by atoms with van der Waals surface area (Å²) in [6.45, 7) is 2.52. The van der Waals surface area contributed by atoms with Crippen molar-refractivity contribution in [2.45, 2.75) is 37.5 Å². The largest absolute Gasteiger partial charge is 0.365 e. The minimum Gasteiger partial charge on any atom is -0.365 e. The van der Waals surface area contributed by atoms with Crippen molar-refractivity contribution >= 4 is 23.0 Å². The highest BCUT2D eigenvalue weighted by Gasteiger charge is 2.40. The number of aromatic nitrogens is 3. The van der Waals surface area contributed by atoms with E-state index in [1.54, 1.807) is 6.20 Å². The maximum absolute atomic E-state index is 12.4. The van der Waals surface area contributed by atoms with Crippen LogP contribution >= 0.6 is 0 Å². The topological polar surface area (TPSA) is 137 Å². The second kappa shape index (κ2) is 5.50. The van der Waals surface area contributed by atoms with Crippen LogP contribution in [0.4, 0.5) is 0 Å². The molecular weight excluding hydrogens is 324 g/mol. The number of aliphatic hydroxyl groups excluding tert-OH is 1. The van der Waals surface area contributed by atoms with Gasteiger partial charge in [0.15, 0.2) is 5.65 Å². The van der Waals surface area contributed by atoms with Crippen molar-refractivity contribution in [1.82, 2.24) is 25.2 Å². The van der Waals surface area contributed by atoms with Gasteiger partial charge >= 0.3 is 0 Å². The van der Waals surface area contributed by atoms with E-state index in [-0.39, 0.29) is 5.56 Å². The van der Waals surface area contributed by atoms with Gasteiger partial charge in [0.25, 0.3) is 11.8 Å². The van der Waals surface area contributed by atoms with Gasteiger partial charge in [0.2, 0.25) is 6.23 Å². The number of nitrogens with two attached hydrogens (primary N) is 1. The fourth-order valence-corrected chi connectivity index (χ4v) is 3.07. The molecule has 1 saturated heterocycles. The van der Waals surface area contributed by atoms with E-state index in [9.17, 15) is 14.7 Å². The molecule has 2 aliphatic rings. The number of nitrogens with one attached hydrogen (secondary N) is 2. The van der Waals surface area contributed by atoms with Crippen LogP contribution in [0, 0.1) is 0 Å². The quantitative estimate of drug-likeness (QED) is 0.549. The van der Waals surface area contributed by atoms with E-state index in [1.165, 1.54) is 11.1 Å². The lowest BCUT2D eigenvalue weighted by molar-refractivity contribution is -0.148. The van der Waals surface area contributed by atoms with Crippen molar-refractivity contribution in [2.24, 2.45) is 5.73 Å². The zero-order valence-electron chi connectivity index (χ0n) is 13.8. The number of hydrogen-bond acceptors (Lipinski definition) is 6. The average Bonchev–Trinajstić information content (AvgIpc) is 3.30. The van der Waals surface area contributed by atoms with Crippen LogP contribution in [0.3, 0.4) is 0 Å². The Morgan fingerprint density at radius 1 is 1.48 bits per heavy atom. The Morgan fingerprint density at radius 3 is 2.84 bits per heavy atom. The van der Waals surface area contributed by atoms with Gasteiger partial charge in [-0.15, -0.1) is 0 Å². The Kier molecular flexibility index (Phi) is 3.51. The number of nitrogens with zero attached hydrogens (tertiary/aromatic N) is 3. The lowest BCUT2D eigenvalue weighted by Gasteiger charge is -2.45. The van der Waals surface area contributed by atoms with Gasteiger partial charge in [0.05, 0.1) is 17.5 Å². The van der Waals surface area contributed by atoms with Crippen molar-refractivity contribution in [2.75, 3.05) is 13.1 Å². The number of aliphatic hydroxyl groups is 1. The Bertz CT molecular complexity index is 849. The molecule has 132 valence electrons. The molecule has 4 rings (SSSR count). The van der Waals surface area contributed by atoms with E-state index in [4.69, 9.17) is 5.73 Å². The molecule has 9 heteroatoms. The first-order valence-electron chi connectivity index (χ1n) is 8.25. The molecule has 9 nitrogen and oxygen atoms in total. The average molecular weight is 344 g/mol. The number of aromatic amines is 1. The number of likely N-dealkylation sites (tertiary alicyclic amines) is 1. The number of amides is 2. The highest BCUT2D eigenvalue weighted by molar-refractivity contribution is 6.05. The first kappa shape index (κ1) is 16.0. The van der Waals surface area contributed by atoms with E-state index >= 15 is 0 Å². The summed E-state index contributed by atoms with van der Waals surface area (Å²) in [7, 11) is 0. The molecule has 1 atom stereocenters. The van der Waals surface area contributed by atoms with E-state index in [2.05, 4.69) is 20.3 Å². The van der Waals surface area contributed by atoms with Gasteiger partial charge in [-0.25, -0.2) is 9.97 Å². The molecule has 0 bridgehead atoms. The molecule has 5 N–H and O–H groups in total. The summed E-state index contributed by atoms with van der Waals surface area (Å²) in [4.78, 5) is 37.6.